The smallest absolute Gasteiger partial charge is 0.313 e. The van der Waals surface area contributed by atoms with Crippen LogP contribution in [-0.2, 0) is 0 Å². The molecule has 0 bridgehead atoms. The van der Waals surface area contributed by atoms with E-state index in [0.717, 1.165) is 0 Å². The predicted octanol–water partition coefficient (Wildman–Crippen LogP) is 2.42. The summed E-state index contributed by atoms with van der Waals surface area (Å²) in [4.78, 5) is 18.4. The van der Waals surface area contributed by atoms with Crippen molar-refractivity contribution in [2.45, 2.75) is 6.92 Å². The molecule has 2 rings (SSSR count). The second kappa shape index (κ2) is 5.68. The van der Waals surface area contributed by atoms with Crippen LogP contribution in [0.25, 0.3) is 0 Å². The number of nitrogens with one attached hydrogen (secondary N) is 1. The van der Waals surface area contributed by atoms with Gasteiger partial charge < -0.3 is 10.2 Å². The number of aromatic nitrogens is 2. The number of para-hydroxylation sites is 1. The maximum Gasteiger partial charge on any atom is 0.313 e. The molecule has 1 aromatic heterocycles. The van der Waals surface area contributed by atoms with Crippen LogP contribution in [0, 0.1) is 17.0 Å². The molecule has 0 aliphatic carbocycles. The summed E-state index contributed by atoms with van der Waals surface area (Å²) in [5.41, 5.74) is 2.09. The molecule has 20 heavy (non-hydrogen) atoms. The molecule has 0 atom stereocenters. The Morgan fingerprint density at radius 1 is 1.45 bits per heavy atom. The molecule has 3 N–H and O–H groups in total. The van der Waals surface area contributed by atoms with E-state index in [1.807, 2.05) is 0 Å². The van der Waals surface area contributed by atoms with E-state index < -0.39 is 4.92 Å². The maximum atomic E-state index is 11.0. The molecule has 8 nitrogen and oxygen atoms in total. The lowest BCUT2D eigenvalue weighted by Gasteiger charge is -2.08. The van der Waals surface area contributed by atoms with Gasteiger partial charge in [-0.15, -0.1) is 0 Å². The molecule has 0 amide bonds. The van der Waals surface area contributed by atoms with Gasteiger partial charge in [-0.1, -0.05) is 17.7 Å². The van der Waals surface area contributed by atoms with Crippen LogP contribution in [0.3, 0.4) is 0 Å². The number of nitrogens with zero attached hydrogens (tertiary/aromatic N) is 3. The summed E-state index contributed by atoms with van der Waals surface area (Å²) >= 11 is 5.92. The number of hydrazine groups is 1. The molecular formula is C11H10ClN5O3. The van der Waals surface area contributed by atoms with E-state index in [9.17, 15) is 10.1 Å². The van der Waals surface area contributed by atoms with Gasteiger partial charge in [-0.3, -0.25) is 10.1 Å². The molecule has 0 fully saturated rings. The second-order valence-electron chi connectivity index (χ2n) is 3.73. The van der Waals surface area contributed by atoms with Gasteiger partial charge in [0.25, 0.3) is 0 Å². The zero-order chi connectivity index (χ0) is 14.7. The summed E-state index contributed by atoms with van der Waals surface area (Å²) in [6.45, 7) is 1.63. The van der Waals surface area contributed by atoms with Crippen LogP contribution in [-0.4, -0.2) is 14.9 Å². The Hall–Kier alpha value is -2.45. The van der Waals surface area contributed by atoms with Crippen LogP contribution in [0.2, 0.25) is 5.02 Å². The van der Waals surface area contributed by atoms with Crippen LogP contribution in [0.15, 0.2) is 24.3 Å². The quantitative estimate of drug-likeness (QED) is 0.505. The lowest BCUT2D eigenvalue weighted by Crippen LogP contribution is -2.10. The van der Waals surface area contributed by atoms with Crippen molar-refractivity contribution in [2.75, 3.05) is 5.43 Å². The van der Waals surface area contributed by atoms with Gasteiger partial charge in [0.2, 0.25) is 11.6 Å². The molecule has 9 heteroatoms. The highest BCUT2D eigenvalue weighted by molar-refractivity contribution is 6.32. The van der Waals surface area contributed by atoms with Gasteiger partial charge in [-0.05, 0) is 13.0 Å². The first kappa shape index (κ1) is 14.0. The number of anilines is 1. The van der Waals surface area contributed by atoms with E-state index in [4.69, 9.17) is 22.2 Å². The average molecular weight is 296 g/mol. The Labute approximate surface area is 118 Å². The Morgan fingerprint density at radius 2 is 2.20 bits per heavy atom. The molecule has 0 radical (unpaired) electrons. The van der Waals surface area contributed by atoms with Gasteiger partial charge >= 0.3 is 5.69 Å². The van der Waals surface area contributed by atoms with E-state index in [0.29, 0.717) is 11.6 Å². The van der Waals surface area contributed by atoms with E-state index in [2.05, 4.69) is 15.4 Å². The SMILES string of the molecule is Cc1nc(NN)cc(Oc2c(Cl)cccc2[N+](=O)[O-])n1. The first-order chi connectivity index (χ1) is 9.51. The fourth-order valence-corrected chi connectivity index (χ4v) is 1.72. The number of nitro groups is 1. The largest absolute Gasteiger partial charge is 0.430 e. The van der Waals surface area contributed by atoms with Crippen LogP contribution in [0.1, 0.15) is 5.82 Å². The molecule has 0 saturated carbocycles. The van der Waals surface area contributed by atoms with Gasteiger partial charge in [0.1, 0.15) is 11.6 Å². The average Bonchev–Trinajstić information content (AvgIpc) is 2.40. The molecule has 0 aliphatic heterocycles. The van der Waals surface area contributed by atoms with Crippen molar-refractivity contribution >= 4 is 23.1 Å². The van der Waals surface area contributed by atoms with Crippen LogP contribution >= 0.6 is 11.6 Å². The topological polar surface area (TPSA) is 116 Å². The lowest BCUT2D eigenvalue weighted by molar-refractivity contribution is -0.385. The van der Waals surface area contributed by atoms with Crippen molar-refractivity contribution < 1.29 is 9.66 Å². The third-order valence-corrected chi connectivity index (χ3v) is 2.61. The van der Waals surface area contributed by atoms with Crippen molar-refractivity contribution in [2.24, 2.45) is 5.84 Å². The van der Waals surface area contributed by atoms with Crippen molar-refractivity contribution in [3.05, 3.63) is 45.2 Å². The zero-order valence-corrected chi connectivity index (χ0v) is 11.1. The highest BCUT2D eigenvalue weighted by Gasteiger charge is 2.19. The summed E-state index contributed by atoms with van der Waals surface area (Å²) in [5, 5.41) is 11.1. The van der Waals surface area contributed by atoms with Crippen LogP contribution < -0.4 is 16.0 Å². The number of nitrogen functional groups attached to an aromatic ring is 1. The fraction of sp³-hybridized carbons (Fsp3) is 0.0909. The van der Waals surface area contributed by atoms with E-state index in [-0.39, 0.29) is 22.3 Å². The summed E-state index contributed by atoms with van der Waals surface area (Å²) in [5.74, 6) is 5.99. The molecule has 1 heterocycles. The second-order valence-corrected chi connectivity index (χ2v) is 4.14. The van der Waals surface area contributed by atoms with Gasteiger partial charge in [0, 0.05) is 12.1 Å². The van der Waals surface area contributed by atoms with E-state index >= 15 is 0 Å². The molecule has 2 aromatic rings. The number of hydrogen-bond acceptors (Lipinski definition) is 7. The molecule has 0 saturated heterocycles. The normalized spacial score (nSPS) is 10.2. The highest BCUT2D eigenvalue weighted by atomic mass is 35.5. The molecule has 0 aliphatic rings. The van der Waals surface area contributed by atoms with Gasteiger partial charge in [-0.2, -0.15) is 4.98 Å². The number of nitrogens with two attached hydrogens (primary N) is 1. The summed E-state index contributed by atoms with van der Waals surface area (Å²) in [6.07, 6.45) is 0. The summed E-state index contributed by atoms with van der Waals surface area (Å²) in [7, 11) is 0. The minimum absolute atomic E-state index is 0.0831. The predicted molar refractivity (Wildman–Crippen MR) is 72.8 cm³/mol. The number of benzene rings is 1. The monoisotopic (exact) mass is 295 g/mol. The number of halogens is 1. The number of rotatable bonds is 4. The van der Waals surface area contributed by atoms with E-state index in [1.54, 1.807) is 6.92 Å². The first-order valence-electron chi connectivity index (χ1n) is 5.44. The van der Waals surface area contributed by atoms with Crippen LogP contribution in [0.5, 0.6) is 11.6 Å². The Morgan fingerprint density at radius 3 is 2.85 bits per heavy atom. The van der Waals surface area contributed by atoms with Crippen molar-refractivity contribution in [1.29, 1.82) is 0 Å². The number of ether oxygens (including phenoxy) is 1. The molecule has 0 unspecified atom stereocenters. The summed E-state index contributed by atoms with van der Waals surface area (Å²) < 4.78 is 5.40. The molecule has 104 valence electrons. The van der Waals surface area contributed by atoms with Gasteiger partial charge in [-0.25, -0.2) is 10.8 Å². The van der Waals surface area contributed by atoms with Gasteiger partial charge in [0.05, 0.1) is 9.95 Å². The van der Waals surface area contributed by atoms with Crippen molar-refractivity contribution in [3.63, 3.8) is 0 Å². The number of hydrogen-bond donors (Lipinski definition) is 2. The Kier molecular flexibility index (Phi) is 3.97. The third kappa shape index (κ3) is 2.92. The minimum atomic E-state index is -0.586. The van der Waals surface area contributed by atoms with Crippen molar-refractivity contribution in [1.82, 2.24) is 9.97 Å². The van der Waals surface area contributed by atoms with Crippen LogP contribution in [0.4, 0.5) is 11.5 Å². The van der Waals surface area contributed by atoms with Crippen molar-refractivity contribution in [3.8, 4) is 11.6 Å². The molecule has 1 aromatic carbocycles. The standard InChI is InChI=1S/C11H10ClN5O3/c1-6-14-9(16-13)5-10(15-6)20-11-7(12)3-2-4-8(11)17(18)19/h2-5H,13H2,1H3,(H,14,15,16). The molecule has 0 spiro atoms. The zero-order valence-electron chi connectivity index (χ0n) is 10.3. The number of nitro benzene ring substituents is 1. The third-order valence-electron chi connectivity index (χ3n) is 2.31. The first-order valence-corrected chi connectivity index (χ1v) is 5.82. The van der Waals surface area contributed by atoms with Gasteiger partial charge in [0.15, 0.2) is 0 Å². The van der Waals surface area contributed by atoms with E-state index in [1.165, 1.54) is 24.3 Å². The summed E-state index contributed by atoms with van der Waals surface area (Å²) in [6, 6.07) is 5.64. The molecular weight excluding hydrogens is 286 g/mol. The highest BCUT2D eigenvalue weighted by Crippen LogP contribution is 2.37. The fourth-order valence-electron chi connectivity index (χ4n) is 1.51. The minimum Gasteiger partial charge on any atom is -0.430 e. The maximum absolute atomic E-state index is 11.0. The Balaban J connectivity index is 2.44. The number of aryl methyl sites for hydroxylation is 1. The Bertz CT molecular complexity index is 665. The lowest BCUT2D eigenvalue weighted by atomic mass is 10.3.